The number of hydrogen-bond acceptors (Lipinski definition) is 5. The van der Waals surface area contributed by atoms with Gasteiger partial charge in [0.2, 0.25) is 0 Å². The van der Waals surface area contributed by atoms with E-state index in [-0.39, 0.29) is 5.43 Å². The van der Waals surface area contributed by atoms with Crippen LogP contribution in [0.25, 0.3) is 22.6 Å². The highest BCUT2D eigenvalue weighted by atomic mass is 16.5. The molecule has 1 aliphatic carbocycles. The number of hydrogen-bond donors (Lipinski definition) is 0. The van der Waals surface area contributed by atoms with E-state index in [1.807, 2.05) is 31.2 Å². The molecule has 0 unspecified atom stereocenters. The number of aromatic nitrogens is 1. The molecule has 0 saturated carbocycles. The lowest BCUT2D eigenvalue weighted by Gasteiger charge is -2.05. The highest BCUT2D eigenvalue weighted by Crippen LogP contribution is 2.34. The normalized spacial score (nSPS) is 14.6. The number of benzene rings is 1. The first-order valence-corrected chi connectivity index (χ1v) is 8.39. The highest BCUT2D eigenvalue weighted by Gasteiger charge is 2.24. The van der Waals surface area contributed by atoms with Gasteiger partial charge in [0.15, 0.2) is 5.43 Å². The molecular weight excluding hydrogens is 330 g/mol. The van der Waals surface area contributed by atoms with Gasteiger partial charge in [-0.3, -0.25) is 9.78 Å². The Hall–Kier alpha value is -3.21. The molecule has 130 valence electrons. The number of carbonyl (C=O) groups excluding carboxylic acids is 1. The molecule has 0 N–H and O–H groups in total. The third-order valence-corrected chi connectivity index (χ3v) is 4.57. The predicted molar refractivity (Wildman–Crippen MR) is 99.0 cm³/mol. The number of rotatable bonds is 2. The number of aryl methyl sites for hydroxylation is 1. The van der Waals surface area contributed by atoms with E-state index in [1.54, 1.807) is 12.1 Å². The van der Waals surface area contributed by atoms with Gasteiger partial charge in [0, 0.05) is 11.3 Å². The van der Waals surface area contributed by atoms with Crippen LogP contribution >= 0.6 is 0 Å². The van der Waals surface area contributed by atoms with Gasteiger partial charge in [0.25, 0.3) is 0 Å². The molecule has 0 saturated heterocycles. The fourth-order valence-corrected chi connectivity index (χ4v) is 3.30. The maximum Gasteiger partial charge on any atom is 0.337 e. The second-order valence-electron chi connectivity index (χ2n) is 6.31. The summed E-state index contributed by atoms with van der Waals surface area (Å²) in [4.78, 5) is 29.1. The minimum Gasteiger partial charge on any atom is -0.465 e. The second-order valence-corrected chi connectivity index (χ2v) is 6.31. The molecule has 0 atom stereocenters. The molecule has 4 rings (SSSR count). The van der Waals surface area contributed by atoms with Crippen LogP contribution < -0.4 is 5.43 Å². The summed E-state index contributed by atoms with van der Waals surface area (Å²) in [6.07, 6.45) is 3.31. The molecule has 0 amide bonds. The molecule has 3 aromatic rings. The zero-order chi connectivity index (χ0) is 18.3. The Balaban J connectivity index is 1.85. The second kappa shape index (κ2) is 6.26. The van der Waals surface area contributed by atoms with Crippen molar-refractivity contribution >= 4 is 28.6 Å². The number of fused-ring (bicyclic) bond motifs is 2. The average Bonchev–Trinajstić information content (AvgIpc) is 3.04. The maximum absolute atomic E-state index is 12.9. The first-order valence-electron chi connectivity index (χ1n) is 8.39. The topological polar surface area (TPSA) is 69.4 Å². The lowest BCUT2D eigenvalue weighted by Crippen LogP contribution is -2.10. The van der Waals surface area contributed by atoms with Crippen LogP contribution in [0.1, 0.15) is 39.5 Å². The SMILES string of the molecule is COC(=O)c1ccc2oc3c(c(=O)c2c1)CCC3=Cc1cccc(C)n1. The van der Waals surface area contributed by atoms with Crippen molar-refractivity contribution in [1.29, 1.82) is 0 Å². The first kappa shape index (κ1) is 16.3. The van der Waals surface area contributed by atoms with E-state index in [0.29, 0.717) is 34.3 Å². The van der Waals surface area contributed by atoms with Crippen LogP contribution in [0.3, 0.4) is 0 Å². The lowest BCUT2D eigenvalue weighted by molar-refractivity contribution is 0.0601. The van der Waals surface area contributed by atoms with E-state index in [4.69, 9.17) is 9.15 Å². The van der Waals surface area contributed by atoms with Crippen LogP contribution in [0.4, 0.5) is 0 Å². The van der Waals surface area contributed by atoms with E-state index >= 15 is 0 Å². The Bertz CT molecular complexity index is 1120. The van der Waals surface area contributed by atoms with Gasteiger partial charge < -0.3 is 9.15 Å². The smallest absolute Gasteiger partial charge is 0.337 e. The molecule has 0 spiro atoms. The highest BCUT2D eigenvalue weighted by molar-refractivity contribution is 5.95. The van der Waals surface area contributed by atoms with E-state index in [9.17, 15) is 9.59 Å². The molecule has 1 aliphatic rings. The summed E-state index contributed by atoms with van der Waals surface area (Å²) in [6, 6.07) is 10.6. The van der Waals surface area contributed by atoms with Gasteiger partial charge in [-0.15, -0.1) is 0 Å². The van der Waals surface area contributed by atoms with Gasteiger partial charge in [-0.2, -0.15) is 0 Å². The van der Waals surface area contributed by atoms with Crippen LogP contribution in [0.2, 0.25) is 0 Å². The van der Waals surface area contributed by atoms with Crippen molar-refractivity contribution in [3.8, 4) is 0 Å². The van der Waals surface area contributed by atoms with Crippen molar-refractivity contribution in [2.24, 2.45) is 0 Å². The van der Waals surface area contributed by atoms with E-state index < -0.39 is 5.97 Å². The van der Waals surface area contributed by atoms with Crippen LogP contribution in [0.15, 0.2) is 45.6 Å². The first-order chi connectivity index (χ1) is 12.6. The minimum absolute atomic E-state index is 0.0902. The van der Waals surface area contributed by atoms with Crippen molar-refractivity contribution in [3.63, 3.8) is 0 Å². The standard InChI is InChI=1S/C21H17NO4/c1-12-4-3-5-15(22-12)10-13-6-8-16-19(23)17-11-14(21(24)25-2)7-9-18(17)26-20(13)16/h3-5,7,9-11H,6,8H2,1-2H3. The van der Waals surface area contributed by atoms with Crippen LogP contribution in [0, 0.1) is 6.92 Å². The number of carbonyl (C=O) groups is 1. The number of methoxy groups -OCH3 is 1. The quantitative estimate of drug-likeness (QED) is 0.660. The van der Waals surface area contributed by atoms with Crippen molar-refractivity contribution in [3.05, 3.63) is 74.9 Å². The van der Waals surface area contributed by atoms with E-state index in [2.05, 4.69) is 4.98 Å². The summed E-state index contributed by atoms with van der Waals surface area (Å²) in [6.45, 7) is 1.94. The van der Waals surface area contributed by atoms with Crippen molar-refractivity contribution < 1.29 is 13.9 Å². The van der Waals surface area contributed by atoms with Crippen LogP contribution in [0.5, 0.6) is 0 Å². The van der Waals surface area contributed by atoms with Crippen molar-refractivity contribution in [2.75, 3.05) is 7.11 Å². The average molecular weight is 347 g/mol. The summed E-state index contributed by atoms with van der Waals surface area (Å²) in [5.41, 5.74) is 4.11. The summed E-state index contributed by atoms with van der Waals surface area (Å²) < 4.78 is 10.7. The number of ether oxygens (including phenoxy) is 1. The molecule has 1 aromatic carbocycles. The van der Waals surface area contributed by atoms with Crippen LogP contribution in [-0.4, -0.2) is 18.1 Å². The Morgan fingerprint density at radius 2 is 2.08 bits per heavy atom. The summed E-state index contributed by atoms with van der Waals surface area (Å²) in [5.74, 6) is 0.148. The van der Waals surface area contributed by atoms with Gasteiger partial charge >= 0.3 is 5.97 Å². The lowest BCUT2D eigenvalue weighted by atomic mass is 10.1. The van der Waals surface area contributed by atoms with Gasteiger partial charge in [-0.05, 0) is 61.7 Å². The molecule has 5 nitrogen and oxygen atoms in total. The molecular formula is C21H17NO4. The number of nitrogens with zero attached hydrogens (tertiary/aromatic N) is 1. The van der Waals surface area contributed by atoms with E-state index in [1.165, 1.54) is 13.2 Å². The van der Waals surface area contributed by atoms with Crippen molar-refractivity contribution in [1.82, 2.24) is 4.98 Å². The minimum atomic E-state index is -0.474. The molecule has 5 heteroatoms. The molecule has 0 bridgehead atoms. The van der Waals surface area contributed by atoms with E-state index in [0.717, 1.165) is 23.4 Å². The number of esters is 1. The van der Waals surface area contributed by atoms with Gasteiger partial charge in [-0.1, -0.05) is 6.07 Å². The fraction of sp³-hybridized carbons (Fsp3) is 0.190. The summed E-state index contributed by atoms with van der Waals surface area (Å²) in [7, 11) is 1.31. The molecule has 26 heavy (non-hydrogen) atoms. The zero-order valence-corrected chi connectivity index (χ0v) is 14.5. The monoisotopic (exact) mass is 347 g/mol. The Kier molecular flexibility index (Phi) is 3.92. The number of pyridine rings is 1. The Morgan fingerprint density at radius 1 is 1.23 bits per heavy atom. The Morgan fingerprint density at radius 3 is 2.85 bits per heavy atom. The van der Waals surface area contributed by atoms with Gasteiger partial charge in [-0.25, -0.2) is 4.79 Å². The molecule has 0 aliphatic heterocycles. The van der Waals surface area contributed by atoms with Gasteiger partial charge in [0.05, 0.1) is 23.8 Å². The predicted octanol–water partition coefficient (Wildman–Crippen LogP) is 3.77. The Labute approximate surface area is 149 Å². The third kappa shape index (κ3) is 2.71. The maximum atomic E-state index is 12.9. The summed E-state index contributed by atoms with van der Waals surface area (Å²) in [5, 5.41) is 0.404. The molecule has 0 fully saturated rings. The zero-order valence-electron chi connectivity index (χ0n) is 14.5. The van der Waals surface area contributed by atoms with Gasteiger partial charge in [0.1, 0.15) is 11.3 Å². The van der Waals surface area contributed by atoms with Crippen LogP contribution in [-0.2, 0) is 11.2 Å². The number of allylic oxidation sites excluding steroid dienone is 1. The largest absolute Gasteiger partial charge is 0.465 e. The summed E-state index contributed by atoms with van der Waals surface area (Å²) >= 11 is 0. The fourth-order valence-electron chi connectivity index (χ4n) is 3.30. The third-order valence-electron chi connectivity index (χ3n) is 4.57. The molecule has 0 radical (unpaired) electrons. The molecule has 2 heterocycles. The van der Waals surface area contributed by atoms with Crippen molar-refractivity contribution in [2.45, 2.75) is 19.8 Å². The molecule has 2 aromatic heterocycles.